The third-order valence-corrected chi connectivity index (χ3v) is 5.46. The molecular weight excluding hydrogens is 408 g/mol. The van der Waals surface area contributed by atoms with Crippen LogP contribution in [0.5, 0.6) is 5.75 Å². The topological polar surface area (TPSA) is 117 Å². The normalized spacial score (nSPS) is 14.3. The number of ether oxygens (including phenoxy) is 1. The van der Waals surface area contributed by atoms with Gasteiger partial charge in [-0.25, -0.2) is 4.98 Å². The summed E-state index contributed by atoms with van der Waals surface area (Å²) in [7, 11) is 0. The van der Waals surface area contributed by atoms with E-state index in [4.69, 9.17) is 10.00 Å². The van der Waals surface area contributed by atoms with Crippen molar-refractivity contribution in [3.8, 4) is 22.9 Å². The highest BCUT2D eigenvalue weighted by Gasteiger charge is 2.34. The molecule has 8 nitrogen and oxygen atoms in total. The largest absolute Gasteiger partial charge is 0.501 e. The van der Waals surface area contributed by atoms with Crippen molar-refractivity contribution in [2.24, 2.45) is 0 Å². The SMILES string of the molecule is CC1(C)OCCn2c1nc(C(=O)NCc1ccccc1-c1ccc(C#N)cc1)c(O)c2=O. The van der Waals surface area contributed by atoms with Crippen LogP contribution in [0.3, 0.4) is 0 Å². The van der Waals surface area contributed by atoms with Crippen molar-refractivity contribution in [1.29, 1.82) is 5.26 Å². The number of rotatable bonds is 4. The fourth-order valence-electron chi connectivity index (χ4n) is 3.77. The molecule has 0 bridgehead atoms. The van der Waals surface area contributed by atoms with Gasteiger partial charge in [-0.15, -0.1) is 0 Å². The van der Waals surface area contributed by atoms with Gasteiger partial charge >= 0.3 is 0 Å². The van der Waals surface area contributed by atoms with Crippen LogP contribution in [0, 0.1) is 11.3 Å². The van der Waals surface area contributed by atoms with Gasteiger partial charge in [0.25, 0.3) is 11.5 Å². The summed E-state index contributed by atoms with van der Waals surface area (Å²) in [4.78, 5) is 29.8. The maximum atomic E-state index is 12.9. The summed E-state index contributed by atoms with van der Waals surface area (Å²) in [6.07, 6.45) is 0. The van der Waals surface area contributed by atoms with Gasteiger partial charge in [0, 0.05) is 6.54 Å². The van der Waals surface area contributed by atoms with E-state index in [1.165, 1.54) is 4.57 Å². The summed E-state index contributed by atoms with van der Waals surface area (Å²) in [5.74, 6) is -1.03. The van der Waals surface area contributed by atoms with Crippen molar-refractivity contribution in [2.45, 2.75) is 32.5 Å². The Hall–Kier alpha value is -3.96. The van der Waals surface area contributed by atoms with E-state index in [1.54, 1.807) is 26.0 Å². The van der Waals surface area contributed by atoms with Crippen molar-refractivity contribution >= 4 is 5.91 Å². The summed E-state index contributed by atoms with van der Waals surface area (Å²) in [5, 5.41) is 22.1. The van der Waals surface area contributed by atoms with E-state index in [-0.39, 0.29) is 18.8 Å². The third-order valence-electron chi connectivity index (χ3n) is 5.46. The minimum Gasteiger partial charge on any atom is -0.501 e. The number of nitrogens with one attached hydrogen (secondary N) is 1. The van der Waals surface area contributed by atoms with E-state index in [2.05, 4.69) is 16.4 Å². The lowest BCUT2D eigenvalue weighted by atomic mass is 9.98. The molecule has 0 unspecified atom stereocenters. The molecule has 162 valence electrons. The minimum atomic E-state index is -0.859. The average Bonchev–Trinajstić information content (AvgIpc) is 2.80. The molecule has 0 fully saturated rings. The number of aromatic hydroxyl groups is 1. The van der Waals surface area contributed by atoms with Crippen molar-refractivity contribution in [3.63, 3.8) is 0 Å². The van der Waals surface area contributed by atoms with Gasteiger partial charge in [-0.2, -0.15) is 5.26 Å². The van der Waals surface area contributed by atoms with Gasteiger partial charge in [-0.1, -0.05) is 36.4 Å². The predicted octanol–water partition coefficient (Wildman–Crippen LogP) is 2.68. The van der Waals surface area contributed by atoms with Crippen molar-refractivity contribution < 1.29 is 14.6 Å². The summed E-state index contributed by atoms with van der Waals surface area (Å²) in [5.41, 5.74) is 1.36. The van der Waals surface area contributed by atoms with E-state index in [0.717, 1.165) is 16.7 Å². The first-order chi connectivity index (χ1) is 15.3. The molecule has 0 atom stereocenters. The molecule has 2 heterocycles. The number of benzene rings is 2. The van der Waals surface area contributed by atoms with E-state index in [0.29, 0.717) is 18.0 Å². The molecule has 0 saturated heterocycles. The van der Waals surface area contributed by atoms with Gasteiger partial charge in [-0.05, 0) is 42.7 Å². The molecule has 4 rings (SSSR count). The quantitative estimate of drug-likeness (QED) is 0.657. The van der Waals surface area contributed by atoms with E-state index in [9.17, 15) is 14.7 Å². The highest BCUT2D eigenvalue weighted by atomic mass is 16.5. The molecule has 0 radical (unpaired) electrons. The highest BCUT2D eigenvalue weighted by molar-refractivity contribution is 5.94. The summed E-state index contributed by atoms with van der Waals surface area (Å²) < 4.78 is 7.02. The number of hydrogen-bond donors (Lipinski definition) is 2. The maximum absolute atomic E-state index is 12.9. The zero-order valence-corrected chi connectivity index (χ0v) is 17.8. The Bertz CT molecular complexity index is 1290. The Morgan fingerprint density at radius 3 is 2.69 bits per heavy atom. The van der Waals surface area contributed by atoms with Crippen LogP contribution < -0.4 is 10.9 Å². The van der Waals surface area contributed by atoms with E-state index >= 15 is 0 Å². The van der Waals surface area contributed by atoms with Crippen molar-refractivity contribution in [1.82, 2.24) is 14.9 Å². The van der Waals surface area contributed by atoms with Gasteiger partial charge in [0.2, 0.25) is 5.75 Å². The van der Waals surface area contributed by atoms with Crippen LogP contribution in [0.2, 0.25) is 0 Å². The molecule has 0 saturated carbocycles. The van der Waals surface area contributed by atoms with Crippen LogP contribution in [0.1, 0.15) is 41.3 Å². The third kappa shape index (κ3) is 3.86. The van der Waals surface area contributed by atoms with Crippen LogP contribution in [0.25, 0.3) is 11.1 Å². The van der Waals surface area contributed by atoms with Crippen LogP contribution in [-0.4, -0.2) is 27.2 Å². The monoisotopic (exact) mass is 430 g/mol. The Morgan fingerprint density at radius 2 is 1.97 bits per heavy atom. The van der Waals surface area contributed by atoms with Gasteiger partial charge in [0.15, 0.2) is 5.69 Å². The molecule has 1 aliphatic heterocycles. The van der Waals surface area contributed by atoms with Gasteiger partial charge < -0.3 is 15.2 Å². The van der Waals surface area contributed by atoms with Crippen LogP contribution in [0.15, 0.2) is 53.3 Å². The molecule has 1 amide bonds. The van der Waals surface area contributed by atoms with Crippen molar-refractivity contribution in [2.75, 3.05) is 6.61 Å². The molecule has 32 heavy (non-hydrogen) atoms. The number of fused-ring (bicyclic) bond motifs is 1. The molecule has 1 aliphatic rings. The molecular formula is C24H22N4O4. The number of carbonyl (C=O) groups is 1. The number of hydrogen-bond acceptors (Lipinski definition) is 6. The summed E-state index contributed by atoms with van der Waals surface area (Å²) >= 11 is 0. The number of nitriles is 1. The van der Waals surface area contributed by atoms with Crippen molar-refractivity contribution in [3.05, 3.63) is 81.5 Å². The number of nitrogens with zero attached hydrogens (tertiary/aromatic N) is 3. The lowest BCUT2D eigenvalue weighted by Crippen LogP contribution is -2.42. The number of carbonyl (C=O) groups excluding carboxylic acids is 1. The molecule has 2 aromatic carbocycles. The molecule has 1 aromatic heterocycles. The Kier molecular flexibility index (Phi) is 5.51. The first-order valence-electron chi connectivity index (χ1n) is 10.2. The Labute approximate surface area is 184 Å². The molecule has 8 heteroatoms. The Balaban J connectivity index is 1.61. The fraction of sp³-hybridized carbons (Fsp3) is 0.250. The zero-order valence-electron chi connectivity index (χ0n) is 17.8. The van der Waals surface area contributed by atoms with Gasteiger partial charge in [0.1, 0.15) is 11.4 Å². The first-order valence-corrected chi connectivity index (χ1v) is 10.2. The van der Waals surface area contributed by atoms with E-state index in [1.807, 2.05) is 36.4 Å². The minimum absolute atomic E-state index is 0.161. The van der Waals surface area contributed by atoms with E-state index < -0.39 is 22.8 Å². The smallest absolute Gasteiger partial charge is 0.296 e. The fourth-order valence-corrected chi connectivity index (χ4v) is 3.77. The second-order valence-electron chi connectivity index (χ2n) is 7.98. The predicted molar refractivity (Wildman–Crippen MR) is 117 cm³/mol. The summed E-state index contributed by atoms with van der Waals surface area (Å²) in [6, 6.07) is 16.8. The summed E-state index contributed by atoms with van der Waals surface area (Å²) in [6.45, 7) is 4.26. The molecule has 2 N–H and O–H groups in total. The number of aromatic nitrogens is 2. The second-order valence-corrected chi connectivity index (χ2v) is 7.98. The second kappa shape index (κ2) is 8.29. The lowest BCUT2D eigenvalue weighted by Gasteiger charge is -2.32. The lowest BCUT2D eigenvalue weighted by molar-refractivity contribution is -0.0566. The highest BCUT2D eigenvalue weighted by Crippen LogP contribution is 2.28. The maximum Gasteiger partial charge on any atom is 0.296 e. The van der Waals surface area contributed by atoms with Gasteiger partial charge in [-0.3, -0.25) is 14.2 Å². The van der Waals surface area contributed by atoms with Crippen LogP contribution >= 0.6 is 0 Å². The zero-order chi connectivity index (χ0) is 22.9. The molecule has 3 aromatic rings. The Morgan fingerprint density at radius 1 is 1.25 bits per heavy atom. The standard InChI is InChI=1S/C24H22N4O4/c1-24(2)23-27-19(20(29)22(31)28(23)11-12-32-24)21(30)26-14-17-5-3-4-6-18(17)16-9-7-15(13-25)8-10-16/h3-10,29H,11-12,14H2,1-2H3,(H,26,30). The first kappa shape index (κ1) is 21.3. The average molecular weight is 430 g/mol. The number of amides is 1. The van der Waals surface area contributed by atoms with Gasteiger partial charge in [0.05, 0.1) is 24.8 Å². The molecule has 0 spiro atoms. The van der Waals surface area contributed by atoms with Crippen LogP contribution in [-0.2, 0) is 23.4 Å². The molecule has 0 aliphatic carbocycles. The van der Waals surface area contributed by atoms with Crippen LogP contribution in [0.4, 0.5) is 0 Å².